The fourth-order valence-electron chi connectivity index (χ4n) is 4.60. The normalized spacial score (nSPS) is 15.0. The van der Waals surface area contributed by atoms with Gasteiger partial charge in [-0.05, 0) is 60.9 Å². The first-order chi connectivity index (χ1) is 18.0. The summed E-state index contributed by atoms with van der Waals surface area (Å²) in [6.07, 6.45) is -4.09. The highest BCUT2D eigenvalue weighted by atomic mass is 19.4. The van der Waals surface area contributed by atoms with Crippen molar-refractivity contribution >= 4 is 11.6 Å². The minimum atomic E-state index is -4.54. The van der Waals surface area contributed by atoms with E-state index in [-0.39, 0.29) is 35.7 Å². The topological polar surface area (TPSA) is 91.1 Å². The summed E-state index contributed by atoms with van der Waals surface area (Å²) in [4.78, 5) is 26.1. The lowest BCUT2D eigenvalue weighted by Crippen LogP contribution is -2.43. The van der Waals surface area contributed by atoms with Gasteiger partial charge in [-0.3, -0.25) is 14.9 Å². The number of rotatable bonds is 7. The number of hydrogen-bond donors (Lipinski definition) is 0. The number of nitrogens with zero attached hydrogens (tertiary/aromatic N) is 2. The van der Waals surface area contributed by atoms with Crippen molar-refractivity contribution < 1.29 is 37.1 Å². The molecule has 0 aromatic heterocycles. The van der Waals surface area contributed by atoms with E-state index >= 15 is 0 Å². The van der Waals surface area contributed by atoms with Crippen molar-refractivity contribution in [1.29, 1.82) is 0 Å². The van der Waals surface area contributed by atoms with E-state index in [4.69, 9.17) is 14.2 Å². The molecule has 1 aliphatic heterocycles. The smallest absolute Gasteiger partial charge is 0.416 e. The molecule has 1 aliphatic rings. The molecule has 1 amide bonds. The number of hydrogen-bond acceptors (Lipinski definition) is 6. The molecule has 0 bridgehead atoms. The van der Waals surface area contributed by atoms with Crippen LogP contribution in [0, 0.1) is 17.0 Å². The van der Waals surface area contributed by atoms with Crippen LogP contribution < -0.4 is 14.2 Å². The molecule has 0 radical (unpaired) electrons. The molecule has 38 heavy (non-hydrogen) atoms. The second-order valence-electron chi connectivity index (χ2n) is 8.71. The van der Waals surface area contributed by atoms with Gasteiger partial charge in [-0.1, -0.05) is 12.1 Å². The van der Waals surface area contributed by atoms with E-state index in [1.54, 1.807) is 12.1 Å². The largest absolute Gasteiger partial charge is 0.493 e. The van der Waals surface area contributed by atoms with E-state index in [0.717, 1.165) is 17.7 Å². The number of nitro benzene ring substituents is 1. The molecular weight excluding hydrogens is 505 g/mol. The van der Waals surface area contributed by atoms with Crippen LogP contribution in [0.15, 0.2) is 54.6 Å². The number of methoxy groups -OCH3 is 2. The van der Waals surface area contributed by atoms with Gasteiger partial charge in [-0.15, -0.1) is 0 Å². The minimum Gasteiger partial charge on any atom is -0.493 e. The Kier molecular flexibility index (Phi) is 7.47. The summed E-state index contributed by atoms with van der Waals surface area (Å²) in [5.41, 5.74) is 0.879. The van der Waals surface area contributed by atoms with Gasteiger partial charge < -0.3 is 19.1 Å². The molecule has 1 atom stereocenters. The highest BCUT2D eigenvalue weighted by molar-refractivity contribution is 5.97. The Morgan fingerprint density at radius 3 is 2.42 bits per heavy atom. The fourth-order valence-corrected chi connectivity index (χ4v) is 4.60. The lowest BCUT2D eigenvalue weighted by Gasteiger charge is -2.38. The molecule has 4 rings (SSSR count). The summed E-state index contributed by atoms with van der Waals surface area (Å²) >= 11 is 0. The van der Waals surface area contributed by atoms with E-state index in [1.807, 2.05) is 0 Å². The van der Waals surface area contributed by atoms with Crippen molar-refractivity contribution in [3.63, 3.8) is 0 Å². The average Bonchev–Trinajstić information content (AvgIpc) is 2.90. The molecule has 0 fully saturated rings. The second-order valence-corrected chi connectivity index (χ2v) is 8.71. The second kappa shape index (κ2) is 10.6. The maximum Gasteiger partial charge on any atom is 0.416 e. The van der Waals surface area contributed by atoms with Gasteiger partial charge in [0.25, 0.3) is 11.6 Å². The summed E-state index contributed by atoms with van der Waals surface area (Å²) in [6, 6.07) is 11.6. The molecule has 3 aromatic rings. The third-order valence-corrected chi connectivity index (χ3v) is 6.57. The number of nitro groups is 1. The predicted octanol–water partition coefficient (Wildman–Crippen LogP) is 5.76. The zero-order chi connectivity index (χ0) is 27.6. The molecule has 1 heterocycles. The van der Waals surface area contributed by atoms with Gasteiger partial charge in [-0.2, -0.15) is 13.2 Å². The standard InChI is InChI=1S/C27H25F3N2O6/c1-16-20(8-5-9-22(16)32(34)35)26(33)31-11-10-17-12-24(36-2)25(37-3)14-21(17)23(31)15-38-19-7-4-6-18(13-19)27(28,29)30/h4-9,12-14,23H,10-11,15H2,1-3H3. The van der Waals surface area contributed by atoms with Crippen LogP contribution in [0.1, 0.15) is 38.7 Å². The van der Waals surface area contributed by atoms with Crippen molar-refractivity contribution in [3.8, 4) is 17.2 Å². The Hall–Kier alpha value is -4.28. The first-order valence-corrected chi connectivity index (χ1v) is 11.6. The van der Waals surface area contributed by atoms with Crippen LogP contribution in [0.2, 0.25) is 0 Å². The average molecular weight is 530 g/mol. The molecular formula is C27H25F3N2O6. The van der Waals surface area contributed by atoms with E-state index in [0.29, 0.717) is 23.5 Å². The Morgan fingerprint density at radius 2 is 1.76 bits per heavy atom. The molecule has 0 spiro atoms. The molecule has 1 unspecified atom stereocenters. The molecule has 11 heteroatoms. The molecule has 8 nitrogen and oxygen atoms in total. The van der Waals surface area contributed by atoms with Gasteiger partial charge >= 0.3 is 6.18 Å². The van der Waals surface area contributed by atoms with E-state index < -0.39 is 28.6 Å². The number of fused-ring (bicyclic) bond motifs is 1. The van der Waals surface area contributed by atoms with E-state index in [9.17, 15) is 28.1 Å². The Labute approximate surface area is 216 Å². The number of carbonyl (C=O) groups excluding carboxylic acids is 1. The molecule has 0 N–H and O–H groups in total. The van der Waals surface area contributed by atoms with Crippen LogP contribution in [0.4, 0.5) is 18.9 Å². The lowest BCUT2D eigenvalue weighted by molar-refractivity contribution is -0.385. The first-order valence-electron chi connectivity index (χ1n) is 11.6. The van der Waals surface area contributed by atoms with Crippen LogP contribution in [-0.2, 0) is 12.6 Å². The SMILES string of the molecule is COc1cc2c(cc1OC)C(COc1cccc(C(F)(F)F)c1)N(C(=O)c1cccc([N+](=O)[O-])c1C)CC2. The summed E-state index contributed by atoms with van der Waals surface area (Å²) in [5.74, 6) is 0.449. The molecule has 0 aliphatic carbocycles. The Balaban J connectivity index is 1.74. The highest BCUT2D eigenvalue weighted by Gasteiger charge is 2.35. The summed E-state index contributed by atoms with van der Waals surface area (Å²) in [6.45, 7) is 1.59. The van der Waals surface area contributed by atoms with Crippen molar-refractivity contribution in [2.45, 2.75) is 25.6 Å². The summed E-state index contributed by atoms with van der Waals surface area (Å²) < 4.78 is 56.3. The van der Waals surface area contributed by atoms with Gasteiger partial charge in [-0.25, -0.2) is 0 Å². The van der Waals surface area contributed by atoms with Crippen molar-refractivity contribution in [2.75, 3.05) is 27.4 Å². The maximum atomic E-state index is 13.7. The zero-order valence-corrected chi connectivity index (χ0v) is 20.9. The number of carbonyl (C=O) groups is 1. The number of amides is 1. The van der Waals surface area contributed by atoms with Gasteiger partial charge in [0.15, 0.2) is 11.5 Å². The monoisotopic (exact) mass is 530 g/mol. The predicted molar refractivity (Wildman–Crippen MR) is 132 cm³/mol. The third kappa shape index (κ3) is 5.22. The molecule has 0 saturated heterocycles. The quantitative estimate of drug-likeness (QED) is 0.285. The van der Waals surface area contributed by atoms with Crippen molar-refractivity contribution in [3.05, 3.63) is 92.5 Å². The van der Waals surface area contributed by atoms with E-state index in [1.165, 1.54) is 56.4 Å². The number of benzene rings is 3. The summed E-state index contributed by atoms with van der Waals surface area (Å²) in [7, 11) is 2.97. The van der Waals surface area contributed by atoms with Gasteiger partial charge in [0.05, 0.1) is 30.7 Å². The Morgan fingerprint density at radius 1 is 1.08 bits per heavy atom. The number of alkyl halides is 3. The van der Waals surface area contributed by atoms with Crippen LogP contribution in [0.5, 0.6) is 17.2 Å². The van der Waals surface area contributed by atoms with Gasteiger partial charge in [0, 0.05) is 23.7 Å². The van der Waals surface area contributed by atoms with Crippen molar-refractivity contribution in [2.24, 2.45) is 0 Å². The Bertz CT molecular complexity index is 1380. The zero-order valence-electron chi connectivity index (χ0n) is 20.9. The highest BCUT2D eigenvalue weighted by Crippen LogP contribution is 2.40. The molecule has 0 saturated carbocycles. The van der Waals surface area contributed by atoms with Crippen LogP contribution in [0.25, 0.3) is 0 Å². The summed E-state index contributed by atoms with van der Waals surface area (Å²) in [5, 5.41) is 11.4. The van der Waals surface area contributed by atoms with Crippen LogP contribution >= 0.6 is 0 Å². The lowest BCUT2D eigenvalue weighted by atomic mass is 9.91. The number of halogens is 3. The maximum absolute atomic E-state index is 13.7. The molecule has 200 valence electrons. The van der Waals surface area contributed by atoms with Gasteiger partial charge in [0.2, 0.25) is 0 Å². The van der Waals surface area contributed by atoms with Crippen LogP contribution in [0.3, 0.4) is 0 Å². The van der Waals surface area contributed by atoms with Gasteiger partial charge in [0.1, 0.15) is 12.4 Å². The van der Waals surface area contributed by atoms with E-state index in [2.05, 4.69) is 0 Å². The third-order valence-electron chi connectivity index (χ3n) is 6.57. The number of ether oxygens (including phenoxy) is 3. The van der Waals surface area contributed by atoms with Crippen molar-refractivity contribution in [1.82, 2.24) is 4.90 Å². The minimum absolute atomic E-state index is 0.00801. The molecule has 3 aromatic carbocycles. The fraction of sp³-hybridized carbons (Fsp3) is 0.296. The van der Waals surface area contributed by atoms with Crippen LogP contribution in [-0.4, -0.2) is 43.1 Å². The first kappa shape index (κ1) is 26.8.